The summed E-state index contributed by atoms with van der Waals surface area (Å²) in [4.78, 5) is 16.5. The number of nitrogens with one attached hydrogen (secondary N) is 1. The summed E-state index contributed by atoms with van der Waals surface area (Å²) in [6.45, 7) is 7.90. The maximum atomic E-state index is 12.2. The number of hydrogen-bond acceptors (Lipinski definition) is 4. The molecule has 0 aliphatic heterocycles. The molecule has 2 aromatic rings. The number of carbonyl (C=O) groups excluding carboxylic acids is 1. The van der Waals surface area contributed by atoms with Crippen molar-refractivity contribution in [3.63, 3.8) is 0 Å². The lowest BCUT2D eigenvalue weighted by Gasteiger charge is -2.11. The minimum Gasteiger partial charge on any atom is -0.422 e. The Morgan fingerprint density at radius 3 is 2.67 bits per heavy atom. The monoisotopic (exact) mass is 284 g/mol. The lowest BCUT2D eigenvalue weighted by atomic mass is 10.1. The number of ether oxygens (including phenoxy) is 1. The topological polar surface area (TPSA) is 51.2 Å². The first-order valence-electron chi connectivity index (χ1n) is 6.99. The van der Waals surface area contributed by atoms with E-state index >= 15 is 0 Å². The summed E-state index contributed by atoms with van der Waals surface area (Å²) in [7, 11) is 0. The van der Waals surface area contributed by atoms with Crippen LogP contribution in [0.4, 0.5) is 5.82 Å². The van der Waals surface area contributed by atoms with Crippen molar-refractivity contribution >= 4 is 11.8 Å². The summed E-state index contributed by atoms with van der Waals surface area (Å²) in [5, 5.41) is 3.17. The van der Waals surface area contributed by atoms with Gasteiger partial charge in [-0.2, -0.15) is 0 Å². The maximum Gasteiger partial charge on any atom is 0.362 e. The highest BCUT2D eigenvalue weighted by Gasteiger charge is 2.12. The Balaban J connectivity index is 2.18. The third kappa shape index (κ3) is 4.05. The number of pyridine rings is 1. The average Bonchev–Trinajstić information content (AvgIpc) is 2.42. The molecule has 0 aliphatic rings. The van der Waals surface area contributed by atoms with Gasteiger partial charge in [-0.3, -0.25) is 0 Å². The molecule has 4 nitrogen and oxygen atoms in total. The molecular weight excluding hydrogens is 264 g/mol. The molecule has 0 atom stereocenters. The van der Waals surface area contributed by atoms with Crippen molar-refractivity contribution < 1.29 is 9.53 Å². The molecule has 0 radical (unpaired) electrons. The molecule has 1 N–H and O–H groups in total. The van der Waals surface area contributed by atoms with Gasteiger partial charge in [-0.05, 0) is 57.0 Å². The van der Waals surface area contributed by atoms with Gasteiger partial charge in [0, 0.05) is 6.04 Å². The molecular formula is C17H20N2O2. The van der Waals surface area contributed by atoms with Crippen LogP contribution in [0, 0.1) is 13.8 Å². The van der Waals surface area contributed by atoms with Gasteiger partial charge in [0.1, 0.15) is 11.6 Å². The van der Waals surface area contributed by atoms with E-state index in [1.165, 1.54) is 0 Å². The van der Waals surface area contributed by atoms with Crippen molar-refractivity contribution in [1.82, 2.24) is 4.98 Å². The highest BCUT2D eigenvalue weighted by molar-refractivity contribution is 5.89. The molecule has 0 unspecified atom stereocenters. The van der Waals surface area contributed by atoms with Crippen LogP contribution >= 0.6 is 0 Å². The summed E-state index contributed by atoms with van der Waals surface area (Å²) < 4.78 is 5.44. The SMILES string of the molecule is Cc1ccc(C)c(OC(=O)c2cccc(NC(C)C)n2)c1. The molecule has 1 aromatic heterocycles. The second-order valence-corrected chi connectivity index (χ2v) is 5.37. The molecule has 0 saturated carbocycles. The van der Waals surface area contributed by atoms with E-state index in [2.05, 4.69) is 10.3 Å². The van der Waals surface area contributed by atoms with Gasteiger partial charge in [-0.15, -0.1) is 0 Å². The fourth-order valence-electron chi connectivity index (χ4n) is 1.89. The zero-order chi connectivity index (χ0) is 15.4. The summed E-state index contributed by atoms with van der Waals surface area (Å²) in [6, 6.07) is 11.3. The fourth-order valence-corrected chi connectivity index (χ4v) is 1.89. The third-order valence-corrected chi connectivity index (χ3v) is 2.94. The van der Waals surface area contributed by atoms with E-state index in [0.29, 0.717) is 17.3 Å². The molecule has 0 aliphatic carbocycles. The van der Waals surface area contributed by atoms with Crippen molar-refractivity contribution in [2.24, 2.45) is 0 Å². The van der Waals surface area contributed by atoms with Crippen LogP contribution in [0.2, 0.25) is 0 Å². The largest absolute Gasteiger partial charge is 0.422 e. The molecule has 2 rings (SSSR count). The zero-order valence-corrected chi connectivity index (χ0v) is 12.8. The zero-order valence-electron chi connectivity index (χ0n) is 12.8. The number of benzene rings is 1. The highest BCUT2D eigenvalue weighted by Crippen LogP contribution is 2.20. The maximum absolute atomic E-state index is 12.2. The number of rotatable bonds is 4. The number of aromatic nitrogens is 1. The van der Waals surface area contributed by atoms with Crippen LogP contribution in [0.15, 0.2) is 36.4 Å². The Bertz CT molecular complexity index is 651. The van der Waals surface area contributed by atoms with Crippen LogP contribution in [0.3, 0.4) is 0 Å². The molecule has 1 aromatic carbocycles. The van der Waals surface area contributed by atoms with Crippen LogP contribution in [0.5, 0.6) is 5.75 Å². The molecule has 0 bridgehead atoms. The van der Waals surface area contributed by atoms with E-state index in [0.717, 1.165) is 11.1 Å². The number of carbonyl (C=O) groups is 1. The van der Waals surface area contributed by atoms with E-state index in [4.69, 9.17) is 4.74 Å². The van der Waals surface area contributed by atoms with Crippen LogP contribution in [0.1, 0.15) is 35.5 Å². The lowest BCUT2D eigenvalue weighted by Crippen LogP contribution is -2.15. The van der Waals surface area contributed by atoms with Gasteiger partial charge in [0.2, 0.25) is 0 Å². The number of esters is 1. The quantitative estimate of drug-likeness (QED) is 0.686. The van der Waals surface area contributed by atoms with Crippen LogP contribution < -0.4 is 10.1 Å². The molecule has 110 valence electrons. The minimum atomic E-state index is -0.448. The van der Waals surface area contributed by atoms with Crippen molar-refractivity contribution in [1.29, 1.82) is 0 Å². The summed E-state index contributed by atoms with van der Waals surface area (Å²) in [5.41, 5.74) is 2.26. The van der Waals surface area contributed by atoms with E-state index in [9.17, 15) is 4.79 Å². The summed E-state index contributed by atoms with van der Waals surface area (Å²) >= 11 is 0. The van der Waals surface area contributed by atoms with Crippen molar-refractivity contribution in [2.45, 2.75) is 33.7 Å². The van der Waals surface area contributed by atoms with Gasteiger partial charge in [-0.1, -0.05) is 18.2 Å². The number of nitrogens with zero attached hydrogens (tertiary/aromatic N) is 1. The molecule has 21 heavy (non-hydrogen) atoms. The Morgan fingerprint density at radius 1 is 1.19 bits per heavy atom. The molecule has 0 saturated heterocycles. The number of hydrogen-bond donors (Lipinski definition) is 1. The van der Waals surface area contributed by atoms with Gasteiger partial charge in [-0.25, -0.2) is 9.78 Å². The van der Waals surface area contributed by atoms with Crippen LogP contribution in [-0.4, -0.2) is 17.0 Å². The van der Waals surface area contributed by atoms with Gasteiger partial charge in [0.25, 0.3) is 0 Å². The first-order chi connectivity index (χ1) is 9.95. The second-order valence-electron chi connectivity index (χ2n) is 5.37. The Kier molecular flexibility index (Phi) is 4.58. The first-order valence-corrected chi connectivity index (χ1v) is 6.99. The molecule has 1 heterocycles. The van der Waals surface area contributed by atoms with Crippen LogP contribution in [0.25, 0.3) is 0 Å². The third-order valence-electron chi connectivity index (χ3n) is 2.94. The smallest absolute Gasteiger partial charge is 0.362 e. The number of aryl methyl sites for hydroxylation is 2. The normalized spacial score (nSPS) is 10.5. The number of anilines is 1. The first kappa shape index (κ1) is 15.0. The predicted molar refractivity (Wildman–Crippen MR) is 83.9 cm³/mol. The van der Waals surface area contributed by atoms with Gasteiger partial charge in [0.05, 0.1) is 0 Å². The predicted octanol–water partition coefficient (Wildman–Crippen LogP) is 3.74. The second kappa shape index (κ2) is 6.39. The van der Waals surface area contributed by atoms with Gasteiger partial charge >= 0.3 is 5.97 Å². The molecule has 0 amide bonds. The van der Waals surface area contributed by atoms with E-state index in [1.807, 2.05) is 52.0 Å². The standard InChI is InChI=1S/C17H20N2O2/c1-11(2)18-16-7-5-6-14(19-16)17(20)21-15-10-12(3)8-9-13(15)4/h5-11H,1-4H3,(H,18,19). The van der Waals surface area contributed by atoms with E-state index in [1.54, 1.807) is 12.1 Å². The minimum absolute atomic E-state index is 0.253. The Hall–Kier alpha value is -2.36. The summed E-state index contributed by atoms with van der Waals surface area (Å²) in [5.74, 6) is 0.792. The summed E-state index contributed by atoms with van der Waals surface area (Å²) in [6.07, 6.45) is 0. The average molecular weight is 284 g/mol. The lowest BCUT2D eigenvalue weighted by molar-refractivity contribution is 0.0727. The fraction of sp³-hybridized carbons (Fsp3) is 0.294. The Labute approximate surface area is 125 Å². The van der Waals surface area contributed by atoms with E-state index in [-0.39, 0.29) is 6.04 Å². The molecule has 0 spiro atoms. The van der Waals surface area contributed by atoms with Crippen molar-refractivity contribution in [3.05, 3.63) is 53.2 Å². The van der Waals surface area contributed by atoms with E-state index < -0.39 is 5.97 Å². The van der Waals surface area contributed by atoms with Crippen LogP contribution in [-0.2, 0) is 0 Å². The molecule has 4 heteroatoms. The molecule has 0 fully saturated rings. The van der Waals surface area contributed by atoms with Crippen molar-refractivity contribution in [3.8, 4) is 5.75 Å². The van der Waals surface area contributed by atoms with Crippen molar-refractivity contribution in [2.75, 3.05) is 5.32 Å². The Morgan fingerprint density at radius 2 is 1.95 bits per heavy atom. The highest BCUT2D eigenvalue weighted by atomic mass is 16.5. The van der Waals surface area contributed by atoms with Gasteiger partial charge < -0.3 is 10.1 Å². The van der Waals surface area contributed by atoms with Gasteiger partial charge in [0.15, 0.2) is 5.69 Å².